The van der Waals surface area contributed by atoms with Crippen molar-refractivity contribution in [2.75, 3.05) is 0 Å². The van der Waals surface area contributed by atoms with Gasteiger partial charge in [0.15, 0.2) is 23.6 Å². The van der Waals surface area contributed by atoms with Gasteiger partial charge in [0.2, 0.25) is 0 Å². The molecule has 20 heavy (non-hydrogen) atoms. The van der Waals surface area contributed by atoms with Crippen molar-refractivity contribution in [1.82, 2.24) is 4.98 Å². The Morgan fingerprint density at radius 1 is 1.20 bits per heavy atom. The van der Waals surface area contributed by atoms with Crippen LogP contribution in [-0.2, 0) is 4.79 Å². The summed E-state index contributed by atoms with van der Waals surface area (Å²) in [4.78, 5) is 36.7. The van der Waals surface area contributed by atoms with E-state index in [-0.39, 0.29) is 17.0 Å². The molecule has 2 rings (SSSR count). The molecule has 0 fully saturated rings. The van der Waals surface area contributed by atoms with Crippen LogP contribution in [-0.4, -0.2) is 32.9 Å². The minimum Gasteiger partial charge on any atom is -0.481 e. The predicted molar refractivity (Wildman–Crippen MR) is 65.5 cm³/mol. The Morgan fingerprint density at radius 2 is 1.95 bits per heavy atom. The number of hydrogen-bond donors (Lipinski definition) is 2. The Kier molecular flexibility index (Phi) is 3.60. The monoisotopic (exact) mass is 275 g/mol. The predicted octanol–water partition coefficient (Wildman–Crippen LogP) is 1.70. The normalized spacial score (nSPS) is 10.2. The van der Waals surface area contributed by atoms with E-state index in [4.69, 9.17) is 14.6 Å². The first kappa shape index (κ1) is 13.5. The summed E-state index contributed by atoms with van der Waals surface area (Å²) in [5.41, 5.74) is 0.238. The summed E-state index contributed by atoms with van der Waals surface area (Å²) in [6, 6.07) is 5.88. The highest BCUT2D eigenvalue weighted by molar-refractivity contribution is 6.06. The summed E-state index contributed by atoms with van der Waals surface area (Å²) in [7, 11) is 0. The van der Waals surface area contributed by atoms with Crippen molar-refractivity contribution in [2.45, 2.75) is 6.42 Å². The van der Waals surface area contributed by atoms with Crippen LogP contribution < -0.4 is 0 Å². The SMILES string of the molecule is O=C(O)CC(=O)c1cccc(-c2ocnc2C(=O)O)c1. The molecule has 0 unspecified atom stereocenters. The van der Waals surface area contributed by atoms with Gasteiger partial charge in [-0.2, -0.15) is 0 Å². The van der Waals surface area contributed by atoms with E-state index >= 15 is 0 Å². The minimum absolute atomic E-state index is 0.0162. The molecule has 0 aliphatic rings. The van der Waals surface area contributed by atoms with E-state index in [9.17, 15) is 14.4 Å². The molecule has 0 atom stereocenters. The van der Waals surface area contributed by atoms with Crippen molar-refractivity contribution in [3.05, 3.63) is 41.9 Å². The maximum Gasteiger partial charge on any atom is 0.358 e. The summed E-state index contributed by atoms with van der Waals surface area (Å²) in [6.45, 7) is 0. The van der Waals surface area contributed by atoms with E-state index in [0.717, 1.165) is 6.39 Å². The van der Waals surface area contributed by atoms with E-state index in [1.54, 1.807) is 6.07 Å². The maximum atomic E-state index is 11.7. The molecule has 0 saturated carbocycles. The first-order valence-corrected chi connectivity index (χ1v) is 5.51. The van der Waals surface area contributed by atoms with Gasteiger partial charge in [-0.3, -0.25) is 9.59 Å². The number of oxazole rings is 1. The highest BCUT2D eigenvalue weighted by atomic mass is 16.4. The lowest BCUT2D eigenvalue weighted by Gasteiger charge is -2.02. The van der Waals surface area contributed by atoms with Crippen LogP contribution in [0.1, 0.15) is 27.3 Å². The number of carbonyl (C=O) groups is 3. The smallest absolute Gasteiger partial charge is 0.358 e. The number of rotatable bonds is 5. The zero-order valence-electron chi connectivity index (χ0n) is 10.1. The molecule has 102 valence electrons. The molecule has 0 radical (unpaired) electrons. The van der Waals surface area contributed by atoms with Gasteiger partial charge in [-0.25, -0.2) is 9.78 Å². The van der Waals surface area contributed by atoms with Crippen LogP contribution in [0.2, 0.25) is 0 Å². The standard InChI is InChI=1S/C13H9NO6/c15-9(5-10(16)17)7-2-1-3-8(4-7)12-11(13(18)19)14-6-20-12/h1-4,6H,5H2,(H,16,17)(H,18,19). The molecule has 0 bridgehead atoms. The van der Waals surface area contributed by atoms with Gasteiger partial charge in [-0.1, -0.05) is 18.2 Å². The van der Waals surface area contributed by atoms with Gasteiger partial charge in [0.1, 0.15) is 6.42 Å². The van der Waals surface area contributed by atoms with Crippen molar-refractivity contribution in [3.63, 3.8) is 0 Å². The number of aromatic nitrogens is 1. The molecule has 0 aliphatic heterocycles. The van der Waals surface area contributed by atoms with Crippen molar-refractivity contribution in [3.8, 4) is 11.3 Å². The number of carbonyl (C=O) groups excluding carboxylic acids is 1. The number of aromatic carboxylic acids is 1. The van der Waals surface area contributed by atoms with Crippen molar-refractivity contribution >= 4 is 17.7 Å². The first-order chi connectivity index (χ1) is 9.49. The molecule has 2 N–H and O–H groups in total. The Morgan fingerprint density at radius 3 is 2.60 bits per heavy atom. The first-order valence-electron chi connectivity index (χ1n) is 5.51. The topological polar surface area (TPSA) is 118 Å². The fraction of sp³-hybridized carbons (Fsp3) is 0.0769. The molecule has 0 aliphatic carbocycles. The fourth-order valence-electron chi connectivity index (χ4n) is 1.68. The quantitative estimate of drug-likeness (QED) is 0.629. The highest BCUT2D eigenvalue weighted by Gasteiger charge is 2.18. The molecule has 7 nitrogen and oxygen atoms in total. The molecular weight excluding hydrogens is 266 g/mol. The summed E-state index contributed by atoms with van der Waals surface area (Å²) in [6.07, 6.45) is 0.357. The molecule has 7 heteroatoms. The third kappa shape index (κ3) is 2.72. The van der Waals surface area contributed by atoms with Gasteiger partial charge >= 0.3 is 11.9 Å². The van der Waals surface area contributed by atoms with Crippen LogP contribution in [0.3, 0.4) is 0 Å². The third-order valence-electron chi connectivity index (χ3n) is 2.53. The zero-order chi connectivity index (χ0) is 14.7. The van der Waals surface area contributed by atoms with Gasteiger partial charge in [0.05, 0.1) is 0 Å². The number of Topliss-reactive ketones (excluding diaryl/α,β-unsaturated/α-hetero) is 1. The summed E-state index contributed by atoms with van der Waals surface area (Å²) in [5.74, 6) is -3.04. The Labute approximate surface area is 112 Å². The lowest BCUT2D eigenvalue weighted by atomic mass is 10.0. The third-order valence-corrected chi connectivity index (χ3v) is 2.53. The van der Waals surface area contributed by atoms with Crippen LogP contribution in [0.15, 0.2) is 35.1 Å². The average molecular weight is 275 g/mol. The molecule has 2 aromatic rings. The van der Waals surface area contributed by atoms with Gasteiger partial charge in [-0.15, -0.1) is 0 Å². The molecular formula is C13H9NO6. The Bertz CT molecular complexity index is 688. The van der Waals surface area contributed by atoms with Gasteiger partial charge in [0.25, 0.3) is 0 Å². The number of carboxylic acids is 2. The maximum absolute atomic E-state index is 11.7. The molecule has 1 heterocycles. The van der Waals surface area contributed by atoms with E-state index in [1.807, 2.05) is 0 Å². The number of carboxylic acid groups (broad SMARTS) is 2. The Balaban J connectivity index is 2.39. The highest BCUT2D eigenvalue weighted by Crippen LogP contribution is 2.24. The van der Waals surface area contributed by atoms with Crippen LogP contribution in [0, 0.1) is 0 Å². The van der Waals surface area contributed by atoms with Crippen LogP contribution in [0.5, 0.6) is 0 Å². The van der Waals surface area contributed by atoms with E-state index in [1.165, 1.54) is 18.2 Å². The molecule has 1 aromatic carbocycles. The lowest BCUT2D eigenvalue weighted by molar-refractivity contribution is -0.135. The molecule has 1 aromatic heterocycles. The van der Waals surface area contributed by atoms with Gasteiger partial charge < -0.3 is 14.6 Å². The van der Waals surface area contributed by atoms with Crippen LogP contribution in [0.4, 0.5) is 0 Å². The summed E-state index contributed by atoms with van der Waals surface area (Å²) >= 11 is 0. The van der Waals surface area contributed by atoms with E-state index < -0.39 is 24.1 Å². The molecule has 0 saturated heterocycles. The number of hydrogen-bond acceptors (Lipinski definition) is 5. The van der Waals surface area contributed by atoms with E-state index in [0.29, 0.717) is 5.56 Å². The van der Waals surface area contributed by atoms with Gasteiger partial charge in [0, 0.05) is 11.1 Å². The number of aliphatic carboxylic acids is 1. The minimum atomic E-state index is -1.25. The lowest BCUT2D eigenvalue weighted by Crippen LogP contribution is -2.07. The molecule has 0 amide bonds. The summed E-state index contributed by atoms with van der Waals surface area (Å²) < 4.78 is 5.01. The van der Waals surface area contributed by atoms with Crippen molar-refractivity contribution in [1.29, 1.82) is 0 Å². The molecule has 0 spiro atoms. The number of ketones is 1. The average Bonchev–Trinajstić information content (AvgIpc) is 2.87. The van der Waals surface area contributed by atoms with Crippen LogP contribution in [0.25, 0.3) is 11.3 Å². The Hall–Kier alpha value is -2.96. The van der Waals surface area contributed by atoms with Crippen molar-refractivity contribution < 1.29 is 29.0 Å². The van der Waals surface area contributed by atoms with Gasteiger partial charge in [-0.05, 0) is 6.07 Å². The van der Waals surface area contributed by atoms with E-state index in [2.05, 4.69) is 4.98 Å². The number of nitrogens with zero attached hydrogens (tertiary/aromatic N) is 1. The zero-order valence-corrected chi connectivity index (χ0v) is 10.1. The second-order valence-electron chi connectivity index (χ2n) is 3.91. The second-order valence-corrected chi connectivity index (χ2v) is 3.91. The largest absolute Gasteiger partial charge is 0.481 e. The number of benzene rings is 1. The fourth-order valence-corrected chi connectivity index (χ4v) is 1.68. The van der Waals surface area contributed by atoms with Crippen molar-refractivity contribution in [2.24, 2.45) is 0 Å². The van der Waals surface area contributed by atoms with Crippen LogP contribution >= 0.6 is 0 Å². The summed E-state index contributed by atoms with van der Waals surface area (Å²) in [5, 5.41) is 17.5. The second kappa shape index (κ2) is 5.35.